The van der Waals surface area contributed by atoms with E-state index in [0.29, 0.717) is 30.2 Å². The number of imidazole rings is 1. The third kappa shape index (κ3) is 3.50. The topological polar surface area (TPSA) is 55.6 Å². The Morgan fingerprint density at radius 1 is 1.20 bits per heavy atom. The lowest BCUT2D eigenvalue weighted by Gasteiger charge is -2.12. The van der Waals surface area contributed by atoms with Gasteiger partial charge in [-0.1, -0.05) is 32.0 Å². The summed E-state index contributed by atoms with van der Waals surface area (Å²) in [5, 5.41) is 2.98. The lowest BCUT2D eigenvalue weighted by atomic mass is 10.2. The van der Waals surface area contributed by atoms with E-state index in [1.165, 1.54) is 0 Å². The first-order valence-corrected chi connectivity index (χ1v) is 8.64. The molecule has 1 aromatic carbocycles. The number of rotatable bonds is 6. The molecule has 1 N–H and O–H groups in total. The van der Waals surface area contributed by atoms with Crippen molar-refractivity contribution < 1.29 is 9.53 Å². The van der Waals surface area contributed by atoms with Crippen LogP contribution in [0.3, 0.4) is 0 Å². The van der Waals surface area contributed by atoms with Crippen molar-refractivity contribution >= 4 is 17.2 Å². The number of hydrogen-bond donors (Lipinski definition) is 1. The van der Waals surface area contributed by atoms with Gasteiger partial charge in [0.1, 0.15) is 17.1 Å². The number of para-hydroxylation sites is 2. The Kier molecular flexibility index (Phi) is 5.03. The fourth-order valence-electron chi connectivity index (χ4n) is 2.78. The molecule has 0 unspecified atom stereocenters. The Labute approximate surface area is 147 Å². The molecule has 2 heterocycles. The van der Waals surface area contributed by atoms with E-state index in [4.69, 9.17) is 4.74 Å². The molecule has 0 saturated heterocycles. The molecule has 0 aliphatic heterocycles. The molecule has 25 heavy (non-hydrogen) atoms. The summed E-state index contributed by atoms with van der Waals surface area (Å²) in [7, 11) is 0. The van der Waals surface area contributed by atoms with Crippen molar-refractivity contribution in [2.45, 2.75) is 33.6 Å². The van der Waals surface area contributed by atoms with Gasteiger partial charge in [0.05, 0.1) is 18.0 Å². The minimum atomic E-state index is -0.178. The van der Waals surface area contributed by atoms with Crippen LogP contribution in [0.1, 0.15) is 42.0 Å². The van der Waals surface area contributed by atoms with Crippen molar-refractivity contribution in [2.75, 3.05) is 11.9 Å². The number of aryl methyl sites for hydroxylation is 2. The van der Waals surface area contributed by atoms with Crippen molar-refractivity contribution in [1.29, 1.82) is 0 Å². The molecule has 0 atom stereocenters. The highest BCUT2D eigenvalue weighted by Crippen LogP contribution is 2.25. The molecule has 3 rings (SSSR count). The number of fused-ring (bicyclic) bond motifs is 1. The summed E-state index contributed by atoms with van der Waals surface area (Å²) < 4.78 is 7.59. The van der Waals surface area contributed by atoms with Crippen molar-refractivity contribution in [2.24, 2.45) is 0 Å². The molecule has 130 valence electrons. The van der Waals surface area contributed by atoms with Crippen LogP contribution in [0.25, 0.3) is 5.65 Å². The Hall–Kier alpha value is -2.82. The van der Waals surface area contributed by atoms with E-state index in [2.05, 4.69) is 17.2 Å². The number of benzene rings is 1. The zero-order valence-electron chi connectivity index (χ0n) is 14.9. The Morgan fingerprint density at radius 3 is 2.76 bits per heavy atom. The molecular weight excluding hydrogens is 314 g/mol. The molecular formula is C20H23N3O2. The van der Waals surface area contributed by atoms with Crippen molar-refractivity contribution in [1.82, 2.24) is 9.38 Å². The Balaban J connectivity index is 1.97. The molecule has 2 aromatic heterocycles. The number of carbonyl (C=O) groups excluding carboxylic acids is 1. The van der Waals surface area contributed by atoms with Gasteiger partial charge in [0.25, 0.3) is 5.91 Å². The SMILES string of the molecule is CCCOc1ccccc1NC(=O)c1c(CC)nc2ccc(C)cn12. The molecule has 5 heteroatoms. The lowest BCUT2D eigenvalue weighted by Crippen LogP contribution is -2.17. The number of nitrogens with zero attached hydrogens (tertiary/aromatic N) is 2. The van der Waals surface area contributed by atoms with Crippen LogP contribution in [0.5, 0.6) is 5.75 Å². The summed E-state index contributed by atoms with van der Waals surface area (Å²) in [6.45, 7) is 6.67. The normalized spacial score (nSPS) is 10.8. The highest BCUT2D eigenvalue weighted by Gasteiger charge is 2.19. The largest absolute Gasteiger partial charge is 0.491 e. The molecule has 0 bridgehead atoms. The summed E-state index contributed by atoms with van der Waals surface area (Å²) >= 11 is 0. The van der Waals surface area contributed by atoms with Gasteiger partial charge in [-0.2, -0.15) is 0 Å². The van der Waals surface area contributed by atoms with E-state index in [1.54, 1.807) is 0 Å². The maximum atomic E-state index is 13.0. The van der Waals surface area contributed by atoms with Gasteiger partial charge in [-0.05, 0) is 43.5 Å². The summed E-state index contributed by atoms with van der Waals surface area (Å²) in [6.07, 6.45) is 3.54. The monoisotopic (exact) mass is 337 g/mol. The van der Waals surface area contributed by atoms with Gasteiger partial charge < -0.3 is 10.1 Å². The Morgan fingerprint density at radius 2 is 2.00 bits per heavy atom. The van der Waals surface area contributed by atoms with Crippen molar-refractivity contribution in [3.63, 3.8) is 0 Å². The van der Waals surface area contributed by atoms with E-state index >= 15 is 0 Å². The fraction of sp³-hybridized carbons (Fsp3) is 0.300. The van der Waals surface area contributed by atoms with E-state index in [9.17, 15) is 4.79 Å². The number of ether oxygens (including phenoxy) is 1. The summed E-state index contributed by atoms with van der Waals surface area (Å²) in [5.74, 6) is 0.503. The van der Waals surface area contributed by atoms with Crippen molar-refractivity contribution in [3.8, 4) is 5.75 Å². The molecule has 5 nitrogen and oxygen atoms in total. The van der Waals surface area contributed by atoms with Gasteiger partial charge in [0, 0.05) is 6.20 Å². The minimum absolute atomic E-state index is 0.178. The molecule has 0 spiro atoms. The van der Waals surface area contributed by atoms with E-state index in [1.807, 2.05) is 60.8 Å². The number of carbonyl (C=O) groups is 1. The van der Waals surface area contributed by atoms with Gasteiger partial charge in [0.2, 0.25) is 0 Å². The summed E-state index contributed by atoms with van der Waals surface area (Å²) in [4.78, 5) is 17.6. The van der Waals surface area contributed by atoms with Gasteiger partial charge in [0.15, 0.2) is 0 Å². The number of anilines is 1. The van der Waals surface area contributed by atoms with Crippen LogP contribution in [-0.4, -0.2) is 21.9 Å². The maximum Gasteiger partial charge on any atom is 0.274 e. The second-order valence-corrected chi connectivity index (χ2v) is 5.99. The van der Waals surface area contributed by atoms with Crippen LogP contribution in [-0.2, 0) is 6.42 Å². The van der Waals surface area contributed by atoms with Crippen LogP contribution >= 0.6 is 0 Å². The zero-order valence-corrected chi connectivity index (χ0v) is 14.9. The van der Waals surface area contributed by atoms with Crippen LogP contribution in [0.4, 0.5) is 5.69 Å². The molecule has 0 fully saturated rings. The molecule has 0 saturated carbocycles. The standard InChI is InChI=1S/C20H23N3O2/c1-4-12-25-17-9-7-6-8-16(17)22-20(24)19-15(5-2)21-18-11-10-14(3)13-23(18)19/h6-11,13H,4-5,12H2,1-3H3,(H,22,24). The third-order valence-corrected chi connectivity index (χ3v) is 3.99. The minimum Gasteiger partial charge on any atom is -0.491 e. The van der Waals surface area contributed by atoms with Crippen LogP contribution < -0.4 is 10.1 Å². The molecule has 0 aliphatic rings. The first-order chi connectivity index (χ1) is 12.1. The second-order valence-electron chi connectivity index (χ2n) is 5.99. The van der Waals surface area contributed by atoms with Gasteiger partial charge in [-0.15, -0.1) is 0 Å². The van der Waals surface area contributed by atoms with Crippen LogP contribution in [0.15, 0.2) is 42.6 Å². The third-order valence-electron chi connectivity index (χ3n) is 3.99. The smallest absolute Gasteiger partial charge is 0.274 e. The number of amides is 1. The highest BCUT2D eigenvalue weighted by atomic mass is 16.5. The van der Waals surface area contributed by atoms with Crippen LogP contribution in [0.2, 0.25) is 0 Å². The first-order valence-electron chi connectivity index (χ1n) is 8.64. The molecule has 1 amide bonds. The quantitative estimate of drug-likeness (QED) is 0.732. The van der Waals surface area contributed by atoms with E-state index in [0.717, 1.165) is 23.3 Å². The van der Waals surface area contributed by atoms with Gasteiger partial charge in [-0.25, -0.2) is 4.98 Å². The average molecular weight is 337 g/mol. The number of nitrogens with one attached hydrogen (secondary N) is 1. The van der Waals surface area contributed by atoms with Gasteiger partial charge in [-0.3, -0.25) is 9.20 Å². The molecule has 3 aromatic rings. The van der Waals surface area contributed by atoms with Crippen LogP contribution in [0, 0.1) is 6.92 Å². The first kappa shape index (κ1) is 17.0. The molecule has 0 aliphatic carbocycles. The average Bonchev–Trinajstić information content (AvgIpc) is 2.98. The highest BCUT2D eigenvalue weighted by molar-refractivity contribution is 6.05. The summed E-state index contributed by atoms with van der Waals surface area (Å²) in [5.41, 5.74) is 3.89. The van der Waals surface area contributed by atoms with E-state index < -0.39 is 0 Å². The molecule has 0 radical (unpaired) electrons. The zero-order chi connectivity index (χ0) is 17.8. The van der Waals surface area contributed by atoms with E-state index in [-0.39, 0.29) is 5.91 Å². The number of aromatic nitrogens is 2. The summed E-state index contributed by atoms with van der Waals surface area (Å²) in [6, 6.07) is 11.4. The Bertz CT molecular complexity index is 899. The maximum absolute atomic E-state index is 13.0. The second kappa shape index (κ2) is 7.38. The number of hydrogen-bond acceptors (Lipinski definition) is 3. The lowest BCUT2D eigenvalue weighted by molar-refractivity contribution is 0.102. The van der Waals surface area contributed by atoms with Crippen molar-refractivity contribution in [3.05, 3.63) is 59.5 Å². The predicted octanol–water partition coefficient (Wildman–Crippen LogP) is 4.25. The predicted molar refractivity (Wildman–Crippen MR) is 99.5 cm³/mol. The fourth-order valence-corrected chi connectivity index (χ4v) is 2.78. The van der Waals surface area contributed by atoms with Gasteiger partial charge >= 0.3 is 0 Å². The number of pyridine rings is 1.